The van der Waals surface area contributed by atoms with Crippen molar-refractivity contribution in [2.45, 2.75) is 5.41 Å². The third-order valence-corrected chi connectivity index (χ3v) is 14.7. The fourth-order valence-electron chi connectivity index (χ4n) is 11.8. The molecule has 2 heteroatoms. The van der Waals surface area contributed by atoms with E-state index in [9.17, 15) is 0 Å². The van der Waals surface area contributed by atoms with E-state index in [1.54, 1.807) is 0 Å². The van der Waals surface area contributed by atoms with Crippen molar-refractivity contribution >= 4 is 17.1 Å². The van der Waals surface area contributed by atoms with Crippen LogP contribution in [0.2, 0.25) is 0 Å². The van der Waals surface area contributed by atoms with Gasteiger partial charge < -0.3 is 9.64 Å². The van der Waals surface area contributed by atoms with Gasteiger partial charge in [-0.2, -0.15) is 0 Å². The maximum absolute atomic E-state index is 7.07. The summed E-state index contributed by atoms with van der Waals surface area (Å²) < 4.78 is 7.07. The average molecular weight is 878 g/mol. The molecule has 0 atom stereocenters. The molecule has 322 valence electrons. The van der Waals surface area contributed by atoms with Crippen LogP contribution in [-0.4, -0.2) is 0 Å². The maximum Gasteiger partial charge on any atom is 0.159 e. The number of hydrogen-bond acceptors (Lipinski definition) is 2. The molecule has 0 aromatic heterocycles. The summed E-state index contributed by atoms with van der Waals surface area (Å²) in [5.41, 5.74) is 24.6. The van der Waals surface area contributed by atoms with E-state index in [4.69, 9.17) is 4.74 Å². The SMILES string of the molecule is c1ccc(-c2ccc(N(c3ccc(-c4ccc5c(c4)-c4ccccc4C54c5ccccc5-c5ccccc5-c5ccccc54)cc3)c3cccc4c3Oc3ccccc3-c3ccccc3-4)cc2)cc1. The van der Waals surface area contributed by atoms with Crippen LogP contribution in [0, 0.1) is 0 Å². The molecule has 0 bridgehead atoms. The third-order valence-electron chi connectivity index (χ3n) is 14.7. The first-order valence-corrected chi connectivity index (χ1v) is 23.8. The second-order valence-electron chi connectivity index (χ2n) is 18.3. The zero-order valence-electron chi connectivity index (χ0n) is 37.7. The standard InChI is InChI=1S/C67H43NO/c1-2-17-44(18-3-1)45-33-38-48(39-34-45)68(64-31-16-27-58-53-22-7-6-21-52(53)57-26-11-15-32-65(57)69-66(58)64)49-40-35-46(36-41-49)47-37-42-63-59(43-47)56-25-10-14-30-62(56)67(63)60-28-12-8-23-54(60)50-19-4-5-20-51(50)55-24-9-13-29-61(55)67/h1-43H. The van der Waals surface area contributed by atoms with Gasteiger partial charge in [0, 0.05) is 22.5 Å². The largest absolute Gasteiger partial charge is 0.454 e. The predicted molar refractivity (Wildman–Crippen MR) is 285 cm³/mol. The van der Waals surface area contributed by atoms with E-state index >= 15 is 0 Å². The Balaban J connectivity index is 0.920. The highest BCUT2D eigenvalue weighted by Gasteiger charge is 2.49. The lowest BCUT2D eigenvalue weighted by Crippen LogP contribution is -2.29. The van der Waals surface area contributed by atoms with Crippen LogP contribution >= 0.6 is 0 Å². The van der Waals surface area contributed by atoms with E-state index in [2.05, 4.69) is 266 Å². The van der Waals surface area contributed by atoms with Gasteiger partial charge in [0.15, 0.2) is 5.75 Å². The van der Waals surface area contributed by atoms with Crippen LogP contribution in [0.25, 0.3) is 77.9 Å². The summed E-state index contributed by atoms with van der Waals surface area (Å²) in [5.74, 6) is 1.66. The quantitative estimate of drug-likeness (QED) is 0.171. The second kappa shape index (κ2) is 15.6. The molecule has 69 heavy (non-hydrogen) atoms. The van der Waals surface area contributed by atoms with Crippen molar-refractivity contribution in [3.8, 4) is 89.4 Å². The topological polar surface area (TPSA) is 12.5 Å². The van der Waals surface area contributed by atoms with Crippen molar-refractivity contribution in [2.24, 2.45) is 0 Å². The van der Waals surface area contributed by atoms with E-state index in [-0.39, 0.29) is 0 Å². The Morgan fingerprint density at radius 3 is 1.23 bits per heavy atom. The number of para-hydroxylation sites is 2. The van der Waals surface area contributed by atoms with Crippen molar-refractivity contribution in [3.05, 3.63) is 283 Å². The van der Waals surface area contributed by atoms with Crippen LogP contribution in [0.3, 0.4) is 0 Å². The lowest BCUT2D eigenvalue weighted by Gasteiger charge is -2.35. The Hall–Kier alpha value is -8.98. The van der Waals surface area contributed by atoms with Crippen LogP contribution in [-0.2, 0) is 5.41 Å². The minimum absolute atomic E-state index is 0.506. The number of rotatable bonds is 5. The van der Waals surface area contributed by atoms with Gasteiger partial charge in [-0.3, -0.25) is 0 Å². The smallest absolute Gasteiger partial charge is 0.159 e. The molecule has 1 heterocycles. The van der Waals surface area contributed by atoms with Gasteiger partial charge in [0.1, 0.15) is 5.75 Å². The first-order chi connectivity index (χ1) is 34.2. The minimum Gasteiger partial charge on any atom is -0.454 e. The van der Waals surface area contributed by atoms with E-state index in [0.29, 0.717) is 0 Å². The van der Waals surface area contributed by atoms with Crippen LogP contribution in [0.15, 0.2) is 261 Å². The van der Waals surface area contributed by atoms with Crippen molar-refractivity contribution in [3.63, 3.8) is 0 Å². The lowest BCUT2D eigenvalue weighted by atomic mass is 9.66. The number of benzene rings is 11. The lowest BCUT2D eigenvalue weighted by molar-refractivity contribution is 0.489. The van der Waals surface area contributed by atoms with Gasteiger partial charge in [-0.25, -0.2) is 0 Å². The monoisotopic (exact) mass is 877 g/mol. The van der Waals surface area contributed by atoms with E-state index in [1.807, 2.05) is 0 Å². The predicted octanol–water partition coefficient (Wildman–Crippen LogP) is 17.9. The van der Waals surface area contributed by atoms with Crippen LogP contribution in [0.4, 0.5) is 17.1 Å². The van der Waals surface area contributed by atoms with Gasteiger partial charge in [-0.15, -0.1) is 0 Å². The van der Waals surface area contributed by atoms with Crippen molar-refractivity contribution < 1.29 is 4.74 Å². The molecule has 0 fully saturated rings. The highest BCUT2D eigenvalue weighted by molar-refractivity contribution is 5.99. The number of nitrogens with zero attached hydrogens (tertiary/aromatic N) is 1. The van der Waals surface area contributed by atoms with Gasteiger partial charge in [0.05, 0.1) is 11.1 Å². The number of anilines is 3. The molecule has 14 rings (SSSR count). The third kappa shape index (κ3) is 5.92. The fraction of sp³-hybridized carbons (Fsp3) is 0.0149. The number of hydrogen-bond donors (Lipinski definition) is 0. The fourth-order valence-corrected chi connectivity index (χ4v) is 11.8. The molecule has 0 amide bonds. The molecule has 1 spiro atoms. The molecule has 0 radical (unpaired) electrons. The molecule has 1 aliphatic heterocycles. The summed E-state index contributed by atoms with van der Waals surface area (Å²) in [7, 11) is 0. The Morgan fingerprint density at radius 1 is 0.261 bits per heavy atom. The molecule has 11 aromatic rings. The zero-order valence-corrected chi connectivity index (χ0v) is 37.7. The second-order valence-corrected chi connectivity index (χ2v) is 18.3. The highest BCUT2D eigenvalue weighted by Crippen LogP contribution is 2.62. The Morgan fingerprint density at radius 2 is 0.652 bits per heavy atom. The van der Waals surface area contributed by atoms with Crippen molar-refractivity contribution in [1.82, 2.24) is 0 Å². The summed E-state index contributed by atoms with van der Waals surface area (Å²) in [6, 6.07) is 95.4. The van der Waals surface area contributed by atoms with Gasteiger partial charge in [-0.1, -0.05) is 218 Å². The van der Waals surface area contributed by atoms with Crippen molar-refractivity contribution in [1.29, 1.82) is 0 Å². The van der Waals surface area contributed by atoms with E-state index in [0.717, 1.165) is 56.4 Å². The Labute approximate surface area is 402 Å². The summed E-state index contributed by atoms with van der Waals surface area (Å²) >= 11 is 0. The van der Waals surface area contributed by atoms with Crippen LogP contribution in [0.1, 0.15) is 22.3 Å². The van der Waals surface area contributed by atoms with Crippen LogP contribution in [0.5, 0.6) is 11.5 Å². The summed E-state index contributed by atoms with van der Waals surface area (Å²) in [4.78, 5) is 2.34. The number of ether oxygens (including phenoxy) is 1. The van der Waals surface area contributed by atoms with Gasteiger partial charge in [-0.05, 0) is 131 Å². The molecule has 11 aromatic carbocycles. The first-order valence-electron chi connectivity index (χ1n) is 23.8. The minimum atomic E-state index is -0.506. The summed E-state index contributed by atoms with van der Waals surface area (Å²) in [5, 5.41) is 0. The molecular weight excluding hydrogens is 835 g/mol. The molecule has 3 aliphatic rings. The molecule has 2 nitrogen and oxygen atoms in total. The van der Waals surface area contributed by atoms with Crippen molar-refractivity contribution in [2.75, 3.05) is 4.90 Å². The zero-order chi connectivity index (χ0) is 45.5. The molecular formula is C67H43NO. The molecule has 2 aliphatic carbocycles. The summed E-state index contributed by atoms with van der Waals surface area (Å²) in [6.45, 7) is 0. The van der Waals surface area contributed by atoms with E-state index in [1.165, 1.54) is 72.3 Å². The molecule has 0 saturated heterocycles. The number of fused-ring (bicyclic) bond motifs is 17. The average Bonchev–Trinajstić information content (AvgIpc) is 3.55. The summed E-state index contributed by atoms with van der Waals surface area (Å²) in [6.07, 6.45) is 0. The van der Waals surface area contributed by atoms with Gasteiger partial charge in [0.2, 0.25) is 0 Å². The molecule has 0 unspecified atom stereocenters. The first kappa shape index (κ1) is 39.2. The van der Waals surface area contributed by atoms with Crippen LogP contribution < -0.4 is 9.64 Å². The highest BCUT2D eigenvalue weighted by atomic mass is 16.5. The molecule has 0 N–H and O–H groups in total. The maximum atomic E-state index is 7.07. The Kier molecular flexibility index (Phi) is 8.84. The van der Waals surface area contributed by atoms with E-state index < -0.39 is 5.41 Å². The molecule has 0 saturated carbocycles. The van der Waals surface area contributed by atoms with Gasteiger partial charge in [0.25, 0.3) is 0 Å². The Bertz CT molecular complexity index is 3740. The normalized spacial score (nSPS) is 12.9. The van der Waals surface area contributed by atoms with Gasteiger partial charge >= 0.3 is 0 Å².